The zero-order chi connectivity index (χ0) is 28.9. The van der Waals surface area contributed by atoms with Gasteiger partial charge in [0.1, 0.15) is 17.2 Å². The molecule has 2 N–H and O–H groups in total. The Morgan fingerprint density at radius 3 is 2.63 bits per heavy atom. The Morgan fingerprint density at radius 1 is 1.17 bits per heavy atom. The Hall–Kier alpha value is -4.38. The molecule has 11 heteroatoms. The van der Waals surface area contributed by atoms with Crippen molar-refractivity contribution in [2.75, 3.05) is 42.6 Å². The fourth-order valence-corrected chi connectivity index (χ4v) is 6.11. The monoisotopic (exact) mass is 575 g/mol. The number of furan rings is 1. The third kappa shape index (κ3) is 4.90. The first kappa shape index (κ1) is 26.8. The van der Waals surface area contributed by atoms with Gasteiger partial charge in [-0.15, -0.1) is 0 Å². The number of imidazole rings is 1. The van der Waals surface area contributed by atoms with E-state index in [4.69, 9.17) is 9.40 Å². The lowest BCUT2D eigenvalue weighted by Crippen LogP contribution is -2.36. The molecule has 3 heterocycles. The Kier molecular flexibility index (Phi) is 6.69. The summed E-state index contributed by atoms with van der Waals surface area (Å²) in [5.41, 5.74) is 4.32. The minimum absolute atomic E-state index is 0.0535. The molecule has 0 radical (unpaired) electrons. The number of sulfonamides is 1. The number of amides is 1. The van der Waals surface area contributed by atoms with Crippen LogP contribution in [-0.4, -0.2) is 57.7 Å². The van der Waals surface area contributed by atoms with Crippen LogP contribution >= 0.6 is 0 Å². The average Bonchev–Trinajstić information content (AvgIpc) is 3.57. The van der Waals surface area contributed by atoms with E-state index in [9.17, 15) is 17.6 Å². The van der Waals surface area contributed by atoms with Crippen molar-refractivity contribution in [3.63, 3.8) is 0 Å². The highest BCUT2D eigenvalue weighted by molar-refractivity contribution is 7.92. The number of piperidine rings is 1. The van der Waals surface area contributed by atoms with Crippen molar-refractivity contribution < 1.29 is 22.0 Å². The largest absolute Gasteiger partial charge is 0.455 e. The maximum absolute atomic E-state index is 13.7. The van der Waals surface area contributed by atoms with E-state index in [1.54, 1.807) is 18.2 Å². The molecule has 0 aliphatic carbocycles. The van der Waals surface area contributed by atoms with Crippen LogP contribution in [0.5, 0.6) is 0 Å². The summed E-state index contributed by atoms with van der Waals surface area (Å²) in [6.45, 7) is 1.41. The van der Waals surface area contributed by atoms with E-state index in [1.165, 1.54) is 30.5 Å². The van der Waals surface area contributed by atoms with Gasteiger partial charge in [0.25, 0.3) is 5.91 Å². The van der Waals surface area contributed by atoms with Gasteiger partial charge in [0.2, 0.25) is 16.0 Å². The number of halogens is 1. The molecule has 0 unspecified atom stereocenters. The highest BCUT2D eigenvalue weighted by Crippen LogP contribution is 2.42. The molecule has 5 aromatic rings. The number of hydrogen-bond donors (Lipinski definition) is 2. The molecule has 3 aromatic carbocycles. The predicted molar refractivity (Wildman–Crippen MR) is 159 cm³/mol. The zero-order valence-electron chi connectivity index (χ0n) is 22.9. The third-order valence-electron chi connectivity index (χ3n) is 7.77. The van der Waals surface area contributed by atoms with E-state index in [0.29, 0.717) is 34.3 Å². The van der Waals surface area contributed by atoms with Gasteiger partial charge in [-0.1, -0.05) is 12.1 Å². The predicted octanol–water partition coefficient (Wildman–Crippen LogP) is 5.25. The maximum atomic E-state index is 13.7. The van der Waals surface area contributed by atoms with Crippen LogP contribution in [0.1, 0.15) is 34.7 Å². The summed E-state index contributed by atoms with van der Waals surface area (Å²) >= 11 is 0. The Morgan fingerprint density at radius 2 is 1.93 bits per heavy atom. The molecule has 2 aromatic heterocycles. The maximum Gasteiger partial charge on any atom is 0.255 e. The molecule has 1 saturated heterocycles. The molecule has 1 atom stereocenters. The van der Waals surface area contributed by atoms with Gasteiger partial charge in [-0.3, -0.25) is 9.10 Å². The van der Waals surface area contributed by atoms with Gasteiger partial charge in [-0.25, -0.2) is 17.8 Å². The van der Waals surface area contributed by atoms with Crippen molar-refractivity contribution in [2.45, 2.75) is 18.8 Å². The minimum atomic E-state index is -3.61. The molecule has 212 valence electrons. The van der Waals surface area contributed by atoms with E-state index in [2.05, 4.69) is 15.2 Å². The summed E-state index contributed by atoms with van der Waals surface area (Å²) in [5.74, 6) is 0.241. The molecule has 6 rings (SSSR count). The first-order valence-electron chi connectivity index (χ1n) is 13.4. The lowest BCUT2D eigenvalue weighted by molar-refractivity contribution is 0.0964. The van der Waals surface area contributed by atoms with Gasteiger partial charge in [0.15, 0.2) is 0 Å². The number of nitrogens with one attached hydrogen (secondary N) is 2. The summed E-state index contributed by atoms with van der Waals surface area (Å²) in [6.07, 6.45) is 2.85. The second-order valence-corrected chi connectivity index (χ2v) is 12.4. The first-order chi connectivity index (χ1) is 19.6. The molecule has 1 amide bonds. The number of H-pyrrole nitrogens is 1. The number of fused-ring (bicyclic) bond motifs is 2. The number of hydrogen-bond acceptors (Lipinski definition) is 6. The number of aromatic nitrogens is 2. The quantitative estimate of drug-likeness (QED) is 0.286. The molecule has 0 spiro atoms. The minimum Gasteiger partial charge on any atom is -0.455 e. The van der Waals surface area contributed by atoms with Crippen molar-refractivity contribution in [3.8, 4) is 11.3 Å². The van der Waals surface area contributed by atoms with Gasteiger partial charge >= 0.3 is 0 Å². The topological polar surface area (TPSA) is 112 Å². The number of benzene rings is 3. The van der Waals surface area contributed by atoms with E-state index in [-0.39, 0.29) is 17.6 Å². The van der Waals surface area contributed by atoms with E-state index in [0.717, 1.165) is 48.2 Å². The number of carbonyl (C=O) groups is 1. The van der Waals surface area contributed by atoms with Crippen LogP contribution in [0.2, 0.25) is 0 Å². The number of rotatable bonds is 6. The third-order valence-corrected chi connectivity index (χ3v) is 8.96. The summed E-state index contributed by atoms with van der Waals surface area (Å²) in [4.78, 5) is 23.5. The highest BCUT2D eigenvalue weighted by atomic mass is 32.2. The number of nitrogens with zero attached hydrogens (tertiary/aromatic N) is 3. The van der Waals surface area contributed by atoms with E-state index < -0.39 is 15.8 Å². The SMILES string of the molecule is CNC(=O)c1c(-c2ccc(F)cc2)oc2cc(N(C)S(C)(=O)=O)c([C@@H]3CCCN(c4nc5ccccc5[nH]4)C3)cc12. The standard InChI is InChI=1S/C30H30FN5O4S/c1-32-29(37)27-22-15-21(19-7-6-14-36(17-19)30-33-23-8-4-5-9-24(23)34-30)25(35(2)41(3,38)39)16-26(22)40-28(27)18-10-12-20(31)13-11-18/h4-5,8-13,15-16,19H,6-7,14,17H2,1-3H3,(H,32,37)(H,33,34)/t19-/m1/s1. The van der Waals surface area contributed by atoms with Crippen molar-refractivity contribution in [1.82, 2.24) is 15.3 Å². The number of para-hydroxylation sites is 2. The summed E-state index contributed by atoms with van der Waals surface area (Å²) < 4.78 is 46.6. The zero-order valence-corrected chi connectivity index (χ0v) is 23.8. The molecule has 9 nitrogen and oxygen atoms in total. The van der Waals surface area contributed by atoms with Crippen LogP contribution in [0.15, 0.2) is 65.1 Å². The Balaban J connectivity index is 1.50. The van der Waals surface area contributed by atoms with E-state index in [1.807, 2.05) is 30.3 Å². The van der Waals surface area contributed by atoms with Crippen LogP contribution in [0, 0.1) is 5.82 Å². The second-order valence-electron chi connectivity index (χ2n) is 10.4. The molecular weight excluding hydrogens is 545 g/mol. The van der Waals surface area contributed by atoms with Crippen LogP contribution in [0.3, 0.4) is 0 Å². The van der Waals surface area contributed by atoms with Crippen LogP contribution < -0.4 is 14.5 Å². The summed E-state index contributed by atoms with van der Waals surface area (Å²) in [5, 5.41) is 3.24. The number of anilines is 2. The lowest BCUT2D eigenvalue weighted by atomic mass is 9.88. The Labute approximate surface area is 237 Å². The van der Waals surface area contributed by atoms with Crippen molar-refractivity contribution in [1.29, 1.82) is 0 Å². The van der Waals surface area contributed by atoms with Gasteiger partial charge in [0.05, 0.1) is 28.5 Å². The van der Waals surface area contributed by atoms with Crippen molar-refractivity contribution in [2.24, 2.45) is 0 Å². The van der Waals surface area contributed by atoms with Crippen molar-refractivity contribution in [3.05, 3.63) is 77.6 Å². The van der Waals surface area contributed by atoms with Crippen LogP contribution in [0.25, 0.3) is 33.3 Å². The molecule has 1 aliphatic heterocycles. The molecule has 1 fully saturated rings. The molecule has 1 aliphatic rings. The second kappa shape index (κ2) is 10.2. The fraction of sp³-hybridized carbons (Fsp3) is 0.267. The summed E-state index contributed by atoms with van der Waals surface area (Å²) in [7, 11) is -0.558. The van der Waals surface area contributed by atoms with Gasteiger partial charge in [-0.2, -0.15) is 0 Å². The molecular formula is C30H30FN5O4S. The Bertz CT molecular complexity index is 1850. The number of carbonyl (C=O) groups excluding carboxylic acids is 1. The fourth-order valence-electron chi connectivity index (χ4n) is 5.59. The van der Waals surface area contributed by atoms with Crippen LogP contribution in [-0.2, 0) is 10.0 Å². The normalized spacial score (nSPS) is 15.9. The van der Waals surface area contributed by atoms with Gasteiger partial charge < -0.3 is 19.6 Å². The number of aromatic amines is 1. The smallest absolute Gasteiger partial charge is 0.255 e. The molecule has 0 bridgehead atoms. The summed E-state index contributed by atoms with van der Waals surface area (Å²) in [6, 6.07) is 17.1. The lowest BCUT2D eigenvalue weighted by Gasteiger charge is -2.34. The average molecular weight is 576 g/mol. The first-order valence-corrected chi connectivity index (χ1v) is 15.2. The highest BCUT2D eigenvalue weighted by Gasteiger charge is 2.31. The molecule has 41 heavy (non-hydrogen) atoms. The van der Waals surface area contributed by atoms with Gasteiger partial charge in [-0.05, 0) is 60.9 Å². The van der Waals surface area contributed by atoms with Crippen LogP contribution in [0.4, 0.5) is 16.0 Å². The molecule has 0 saturated carbocycles. The van der Waals surface area contributed by atoms with Gasteiger partial charge in [0, 0.05) is 50.1 Å². The van der Waals surface area contributed by atoms with Crippen molar-refractivity contribution >= 4 is 49.6 Å². The van der Waals surface area contributed by atoms with E-state index >= 15 is 0 Å².